The lowest BCUT2D eigenvalue weighted by Gasteiger charge is -2.06. The standard InChI is InChI=1S/C15H13N5O/c1-19-15(21)7-4-11-2-5-13(6-3-11)20-14(10-18)12(8-16)9-17/h2-3,5-6,20H,4,7H2,1H3,(H,19,21). The minimum absolute atomic E-state index is 0.0282. The second-order valence-corrected chi connectivity index (χ2v) is 4.08. The third-order valence-corrected chi connectivity index (χ3v) is 2.73. The molecule has 6 heteroatoms. The summed E-state index contributed by atoms with van der Waals surface area (Å²) in [6.07, 6.45) is 1.02. The van der Waals surface area contributed by atoms with Crippen LogP contribution in [-0.4, -0.2) is 13.0 Å². The third kappa shape index (κ3) is 4.70. The molecule has 0 radical (unpaired) electrons. The molecule has 0 heterocycles. The number of carbonyl (C=O) groups is 1. The number of hydrogen-bond donors (Lipinski definition) is 2. The molecule has 0 aromatic heterocycles. The molecule has 0 aliphatic carbocycles. The number of hydrogen-bond acceptors (Lipinski definition) is 5. The molecule has 1 aromatic rings. The Bertz CT molecular complexity index is 652. The normalized spacial score (nSPS) is 8.67. The number of amides is 1. The SMILES string of the molecule is CNC(=O)CCc1ccc(NC(C#N)=C(C#N)C#N)cc1. The van der Waals surface area contributed by atoms with Gasteiger partial charge in [0, 0.05) is 19.2 Å². The number of carbonyl (C=O) groups excluding carboxylic acids is 1. The summed E-state index contributed by atoms with van der Waals surface area (Å²) >= 11 is 0. The van der Waals surface area contributed by atoms with Crippen LogP contribution in [0.25, 0.3) is 0 Å². The van der Waals surface area contributed by atoms with E-state index in [1.807, 2.05) is 12.1 Å². The molecule has 0 saturated carbocycles. The summed E-state index contributed by atoms with van der Waals surface area (Å²) in [6.45, 7) is 0. The van der Waals surface area contributed by atoms with Gasteiger partial charge in [-0.3, -0.25) is 4.79 Å². The first kappa shape index (κ1) is 15.8. The van der Waals surface area contributed by atoms with Gasteiger partial charge in [-0.15, -0.1) is 0 Å². The highest BCUT2D eigenvalue weighted by Gasteiger charge is 2.06. The molecule has 104 valence electrons. The fourth-order valence-corrected chi connectivity index (χ4v) is 1.57. The van der Waals surface area contributed by atoms with E-state index in [2.05, 4.69) is 10.6 Å². The Balaban J connectivity index is 2.78. The number of benzene rings is 1. The van der Waals surface area contributed by atoms with Crippen molar-refractivity contribution >= 4 is 11.6 Å². The molecule has 0 fully saturated rings. The number of anilines is 1. The predicted molar refractivity (Wildman–Crippen MR) is 76.3 cm³/mol. The maximum atomic E-state index is 11.2. The topological polar surface area (TPSA) is 112 Å². The van der Waals surface area contributed by atoms with E-state index in [1.54, 1.807) is 37.4 Å². The minimum Gasteiger partial charge on any atom is -0.359 e. The van der Waals surface area contributed by atoms with Gasteiger partial charge in [0.25, 0.3) is 0 Å². The van der Waals surface area contributed by atoms with Crippen molar-refractivity contribution in [3.8, 4) is 18.2 Å². The molecule has 1 amide bonds. The number of nitriles is 3. The molecule has 0 bridgehead atoms. The van der Waals surface area contributed by atoms with Gasteiger partial charge in [-0.1, -0.05) is 12.1 Å². The highest BCUT2D eigenvalue weighted by Crippen LogP contribution is 2.14. The smallest absolute Gasteiger partial charge is 0.220 e. The number of nitrogens with zero attached hydrogens (tertiary/aromatic N) is 3. The van der Waals surface area contributed by atoms with Crippen molar-refractivity contribution in [1.82, 2.24) is 5.32 Å². The van der Waals surface area contributed by atoms with Crippen molar-refractivity contribution in [2.45, 2.75) is 12.8 Å². The van der Waals surface area contributed by atoms with Crippen LogP contribution in [-0.2, 0) is 11.2 Å². The van der Waals surface area contributed by atoms with Crippen molar-refractivity contribution in [3.05, 3.63) is 41.1 Å². The third-order valence-electron chi connectivity index (χ3n) is 2.73. The van der Waals surface area contributed by atoms with E-state index < -0.39 is 0 Å². The van der Waals surface area contributed by atoms with Crippen LogP contribution in [0.1, 0.15) is 12.0 Å². The molecule has 1 aromatic carbocycles. The van der Waals surface area contributed by atoms with Gasteiger partial charge in [-0.2, -0.15) is 15.8 Å². The lowest BCUT2D eigenvalue weighted by Crippen LogP contribution is -2.17. The molecule has 0 aliphatic heterocycles. The monoisotopic (exact) mass is 279 g/mol. The lowest BCUT2D eigenvalue weighted by molar-refractivity contribution is -0.120. The van der Waals surface area contributed by atoms with E-state index in [0.29, 0.717) is 18.5 Å². The van der Waals surface area contributed by atoms with Crippen molar-refractivity contribution in [2.75, 3.05) is 12.4 Å². The van der Waals surface area contributed by atoms with Crippen LogP contribution in [0, 0.1) is 34.0 Å². The largest absolute Gasteiger partial charge is 0.359 e. The summed E-state index contributed by atoms with van der Waals surface area (Å²) in [5, 5.41) is 31.7. The van der Waals surface area contributed by atoms with Crippen molar-refractivity contribution in [1.29, 1.82) is 15.8 Å². The molecule has 0 spiro atoms. The van der Waals surface area contributed by atoms with Crippen LogP contribution < -0.4 is 10.6 Å². The van der Waals surface area contributed by atoms with E-state index in [9.17, 15) is 4.79 Å². The van der Waals surface area contributed by atoms with Crippen molar-refractivity contribution < 1.29 is 4.79 Å². The van der Waals surface area contributed by atoms with Gasteiger partial charge in [0.05, 0.1) is 0 Å². The van der Waals surface area contributed by atoms with Gasteiger partial charge < -0.3 is 10.6 Å². The Morgan fingerprint density at radius 3 is 2.19 bits per heavy atom. The maximum Gasteiger partial charge on any atom is 0.220 e. The van der Waals surface area contributed by atoms with Crippen LogP contribution in [0.15, 0.2) is 35.5 Å². The predicted octanol–water partition coefficient (Wildman–Crippen LogP) is 1.60. The van der Waals surface area contributed by atoms with E-state index >= 15 is 0 Å². The zero-order valence-corrected chi connectivity index (χ0v) is 11.5. The first-order valence-corrected chi connectivity index (χ1v) is 6.15. The quantitative estimate of drug-likeness (QED) is 0.795. The number of rotatable bonds is 5. The van der Waals surface area contributed by atoms with Crippen LogP contribution in [0.4, 0.5) is 5.69 Å². The van der Waals surface area contributed by atoms with Crippen LogP contribution >= 0.6 is 0 Å². The fourth-order valence-electron chi connectivity index (χ4n) is 1.57. The summed E-state index contributed by atoms with van der Waals surface area (Å²) < 4.78 is 0. The molecule has 6 nitrogen and oxygen atoms in total. The Morgan fingerprint density at radius 2 is 1.71 bits per heavy atom. The highest BCUT2D eigenvalue weighted by molar-refractivity contribution is 5.75. The van der Waals surface area contributed by atoms with E-state index in [0.717, 1.165) is 5.56 Å². The fraction of sp³-hybridized carbons (Fsp3) is 0.200. The van der Waals surface area contributed by atoms with Crippen LogP contribution in [0.2, 0.25) is 0 Å². The van der Waals surface area contributed by atoms with E-state index in [4.69, 9.17) is 15.8 Å². The number of allylic oxidation sites excluding steroid dienone is 2. The summed E-state index contributed by atoms with van der Waals surface area (Å²) in [7, 11) is 1.59. The zero-order valence-electron chi connectivity index (χ0n) is 11.5. The molecule has 0 aliphatic rings. The van der Waals surface area contributed by atoms with Crippen molar-refractivity contribution in [2.24, 2.45) is 0 Å². The molecule has 0 saturated heterocycles. The van der Waals surface area contributed by atoms with Crippen LogP contribution in [0.5, 0.6) is 0 Å². The van der Waals surface area contributed by atoms with Gasteiger partial charge in [0.15, 0.2) is 5.57 Å². The van der Waals surface area contributed by atoms with Crippen molar-refractivity contribution in [3.63, 3.8) is 0 Å². The molecule has 0 unspecified atom stereocenters. The average molecular weight is 279 g/mol. The second-order valence-electron chi connectivity index (χ2n) is 4.08. The molecule has 2 N–H and O–H groups in total. The maximum absolute atomic E-state index is 11.2. The second kappa shape index (κ2) is 7.99. The summed E-state index contributed by atoms with van der Waals surface area (Å²) in [4.78, 5) is 11.2. The number of nitrogens with one attached hydrogen (secondary N) is 2. The van der Waals surface area contributed by atoms with Gasteiger partial charge in [0.2, 0.25) is 5.91 Å². The first-order chi connectivity index (χ1) is 10.1. The zero-order chi connectivity index (χ0) is 15.7. The van der Waals surface area contributed by atoms with E-state index in [1.165, 1.54) is 0 Å². The Labute approximate surface area is 122 Å². The van der Waals surface area contributed by atoms with Gasteiger partial charge in [-0.05, 0) is 24.1 Å². The molecular weight excluding hydrogens is 266 g/mol. The summed E-state index contributed by atoms with van der Waals surface area (Å²) in [5.74, 6) is -0.0282. The minimum atomic E-state index is -0.263. The summed E-state index contributed by atoms with van der Waals surface area (Å²) in [6, 6.07) is 12.2. The Hall–Kier alpha value is -3.30. The Morgan fingerprint density at radius 1 is 1.10 bits per heavy atom. The molecular formula is C15H13N5O. The van der Waals surface area contributed by atoms with Gasteiger partial charge in [0.1, 0.15) is 23.9 Å². The van der Waals surface area contributed by atoms with E-state index in [-0.39, 0.29) is 17.2 Å². The van der Waals surface area contributed by atoms with Gasteiger partial charge in [-0.25, -0.2) is 0 Å². The van der Waals surface area contributed by atoms with Crippen LogP contribution in [0.3, 0.4) is 0 Å². The summed E-state index contributed by atoms with van der Waals surface area (Å²) in [5.41, 5.74) is 1.23. The highest BCUT2D eigenvalue weighted by atomic mass is 16.1. The lowest BCUT2D eigenvalue weighted by atomic mass is 10.1. The average Bonchev–Trinajstić information content (AvgIpc) is 2.53. The van der Waals surface area contributed by atoms with Gasteiger partial charge >= 0.3 is 0 Å². The molecule has 0 atom stereocenters. The Kier molecular flexibility index (Phi) is 5.99. The molecule has 21 heavy (non-hydrogen) atoms. The number of aryl methyl sites for hydroxylation is 1. The molecule has 1 rings (SSSR count). The first-order valence-electron chi connectivity index (χ1n) is 6.15.